The number of para-hydroxylation sites is 2. The van der Waals surface area contributed by atoms with Gasteiger partial charge in [0.1, 0.15) is 11.3 Å². The molecule has 0 aliphatic rings. The molecule has 0 saturated carbocycles. The van der Waals surface area contributed by atoms with Crippen LogP contribution in [-0.4, -0.2) is 15.1 Å². The van der Waals surface area contributed by atoms with Gasteiger partial charge in [-0.25, -0.2) is 4.98 Å². The first-order valence-corrected chi connectivity index (χ1v) is 14.0. The molecular weight excluding hydrogens is 492 g/mol. The van der Waals surface area contributed by atoms with E-state index in [2.05, 4.69) is 92.6 Å². The number of phenolic OH excluding ortho intramolecular Hbond substituents is 1. The first-order valence-electron chi connectivity index (χ1n) is 14.0. The van der Waals surface area contributed by atoms with Crippen LogP contribution in [0.1, 0.15) is 79.0 Å². The average Bonchev–Trinajstić information content (AvgIpc) is 3.31. The van der Waals surface area contributed by atoms with Crippen LogP contribution in [0, 0.1) is 0 Å². The molecule has 0 aliphatic heterocycles. The fourth-order valence-electron chi connectivity index (χ4n) is 5.26. The molecule has 5 aromatic rings. The van der Waals surface area contributed by atoms with E-state index in [0.717, 1.165) is 27.9 Å². The molecule has 0 unspecified atom stereocenters. The molecule has 0 spiro atoms. The summed E-state index contributed by atoms with van der Waals surface area (Å²) in [7, 11) is 0. The molecule has 3 aromatic carbocycles. The van der Waals surface area contributed by atoms with E-state index < -0.39 is 0 Å². The maximum absolute atomic E-state index is 10.5. The van der Waals surface area contributed by atoms with Gasteiger partial charge < -0.3 is 9.52 Å². The van der Waals surface area contributed by atoms with E-state index in [9.17, 15) is 5.11 Å². The maximum Gasteiger partial charge on any atom is 0.231 e. The van der Waals surface area contributed by atoms with Crippen molar-refractivity contribution < 1.29 is 9.52 Å². The minimum absolute atomic E-state index is 0.0134. The number of phenols is 1. The summed E-state index contributed by atoms with van der Waals surface area (Å²) in [5.41, 5.74) is 9.81. The number of hydrogen-bond acceptors (Lipinski definition) is 4. The molecule has 40 heavy (non-hydrogen) atoms. The molecular formula is C36H40N2O2. The lowest BCUT2D eigenvalue weighted by Gasteiger charge is -2.30. The Morgan fingerprint density at radius 2 is 1.27 bits per heavy atom. The molecule has 4 heteroatoms. The van der Waals surface area contributed by atoms with Crippen molar-refractivity contribution in [3.8, 4) is 39.6 Å². The van der Waals surface area contributed by atoms with Crippen LogP contribution in [0.4, 0.5) is 0 Å². The lowest BCUT2D eigenvalue weighted by atomic mass is 9.74. The predicted octanol–water partition coefficient (Wildman–Crippen LogP) is 9.82. The van der Waals surface area contributed by atoms with Crippen molar-refractivity contribution in [3.63, 3.8) is 0 Å². The van der Waals surface area contributed by atoms with E-state index in [0.29, 0.717) is 17.0 Å². The Morgan fingerprint density at radius 3 is 1.93 bits per heavy atom. The second kappa shape index (κ2) is 9.62. The molecule has 1 N–H and O–H groups in total. The summed E-state index contributed by atoms with van der Waals surface area (Å²) in [6.45, 7) is 20.3. The lowest BCUT2D eigenvalue weighted by Crippen LogP contribution is -2.19. The van der Waals surface area contributed by atoms with Crippen LogP contribution in [0.2, 0.25) is 0 Å². The Morgan fingerprint density at radius 1 is 0.625 bits per heavy atom. The standard InChI is InChI=1S/C36H40N2O2/c1-34(2,3)22-17-18-37-29(19-22)26-20-25(27(35(4,5)6)21-28(26)36(7,8)9)23-14-12-16-31-32(23)38-33(40-31)24-13-10-11-15-30(24)39/h10-21,39H,1-9H3. The van der Waals surface area contributed by atoms with Gasteiger partial charge in [0.25, 0.3) is 0 Å². The highest BCUT2D eigenvalue weighted by molar-refractivity contribution is 5.95. The zero-order valence-corrected chi connectivity index (χ0v) is 25.2. The van der Waals surface area contributed by atoms with Crippen molar-refractivity contribution in [2.45, 2.75) is 78.6 Å². The van der Waals surface area contributed by atoms with Crippen LogP contribution in [0.25, 0.3) is 44.9 Å². The molecule has 0 saturated heterocycles. The Kier molecular flexibility index (Phi) is 6.65. The number of oxazole rings is 1. The van der Waals surface area contributed by atoms with Crippen LogP contribution in [0.15, 0.2) is 77.3 Å². The highest BCUT2D eigenvalue weighted by Crippen LogP contribution is 2.44. The second-order valence-corrected chi connectivity index (χ2v) is 13.8. The molecule has 2 aromatic heterocycles. The fraction of sp³-hybridized carbons (Fsp3) is 0.333. The van der Waals surface area contributed by atoms with Crippen molar-refractivity contribution in [3.05, 3.63) is 89.6 Å². The normalized spacial score (nSPS) is 12.7. The van der Waals surface area contributed by atoms with Crippen LogP contribution in [0.5, 0.6) is 5.75 Å². The highest BCUT2D eigenvalue weighted by atomic mass is 16.3. The van der Waals surface area contributed by atoms with E-state index >= 15 is 0 Å². The Labute approximate surface area is 238 Å². The van der Waals surface area contributed by atoms with Crippen LogP contribution in [0.3, 0.4) is 0 Å². The third-order valence-corrected chi connectivity index (χ3v) is 7.52. The summed E-state index contributed by atoms with van der Waals surface area (Å²) >= 11 is 0. The van der Waals surface area contributed by atoms with Crippen molar-refractivity contribution in [2.24, 2.45) is 0 Å². The summed E-state index contributed by atoms with van der Waals surface area (Å²) in [6, 6.07) is 22.2. The third-order valence-electron chi connectivity index (χ3n) is 7.52. The minimum atomic E-state index is -0.124. The van der Waals surface area contributed by atoms with E-state index in [4.69, 9.17) is 14.4 Å². The molecule has 0 amide bonds. The van der Waals surface area contributed by atoms with Crippen molar-refractivity contribution in [2.75, 3.05) is 0 Å². The summed E-state index contributed by atoms with van der Waals surface area (Å²) < 4.78 is 6.19. The van der Waals surface area contributed by atoms with Crippen molar-refractivity contribution >= 4 is 11.1 Å². The summed E-state index contributed by atoms with van der Waals surface area (Å²) in [5.74, 6) is 0.552. The SMILES string of the molecule is CC(C)(C)c1ccnc(-c2cc(-c3cccc4oc(-c5ccccc5O)nc34)c(C(C)(C)C)cc2C(C)(C)C)c1. The number of fused-ring (bicyclic) bond motifs is 1. The summed E-state index contributed by atoms with van der Waals surface area (Å²) in [5, 5.41) is 10.5. The smallest absolute Gasteiger partial charge is 0.231 e. The maximum atomic E-state index is 10.5. The number of hydrogen-bond donors (Lipinski definition) is 1. The van der Waals surface area contributed by atoms with Gasteiger partial charge in [0.2, 0.25) is 5.89 Å². The fourth-order valence-corrected chi connectivity index (χ4v) is 5.26. The Bertz CT molecular complexity index is 1710. The van der Waals surface area contributed by atoms with Gasteiger partial charge in [-0.3, -0.25) is 4.98 Å². The van der Waals surface area contributed by atoms with Crippen LogP contribution >= 0.6 is 0 Å². The second-order valence-electron chi connectivity index (χ2n) is 13.8. The zero-order chi connectivity index (χ0) is 29.0. The van der Waals surface area contributed by atoms with E-state index in [-0.39, 0.29) is 22.0 Å². The average molecular weight is 533 g/mol. The molecule has 0 fully saturated rings. The summed E-state index contributed by atoms with van der Waals surface area (Å²) in [6.07, 6.45) is 1.93. The molecule has 0 atom stereocenters. The lowest BCUT2D eigenvalue weighted by molar-refractivity contribution is 0.474. The van der Waals surface area contributed by atoms with Crippen LogP contribution in [-0.2, 0) is 16.2 Å². The molecule has 206 valence electrons. The minimum Gasteiger partial charge on any atom is -0.507 e. The molecule has 0 aliphatic carbocycles. The van der Waals surface area contributed by atoms with Crippen molar-refractivity contribution in [1.29, 1.82) is 0 Å². The topological polar surface area (TPSA) is 59.2 Å². The summed E-state index contributed by atoms with van der Waals surface area (Å²) in [4.78, 5) is 9.80. The third kappa shape index (κ3) is 5.15. The quantitative estimate of drug-likeness (QED) is 0.251. The van der Waals surface area contributed by atoms with E-state index in [1.54, 1.807) is 12.1 Å². The van der Waals surface area contributed by atoms with Gasteiger partial charge in [-0.2, -0.15) is 0 Å². The molecule has 5 rings (SSSR count). The Hall–Kier alpha value is -3.92. The number of rotatable bonds is 3. The molecule has 2 heterocycles. The number of benzene rings is 3. The van der Waals surface area contributed by atoms with Gasteiger partial charge in [0.05, 0.1) is 11.3 Å². The Balaban J connectivity index is 1.83. The predicted molar refractivity (Wildman–Crippen MR) is 166 cm³/mol. The first kappa shape index (κ1) is 27.6. The van der Waals surface area contributed by atoms with Crippen molar-refractivity contribution in [1.82, 2.24) is 9.97 Å². The van der Waals surface area contributed by atoms with Gasteiger partial charge >= 0.3 is 0 Å². The first-order chi connectivity index (χ1) is 18.6. The van der Waals surface area contributed by atoms with Crippen LogP contribution < -0.4 is 0 Å². The number of pyridine rings is 1. The number of aromatic nitrogens is 2. The largest absolute Gasteiger partial charge is 0.507 e. The van der Waals surface area contributed by atoms with Gasteiger partial charge in [0.15, 0.2) is 5.58 Å². The van der Waals surface area contributed by atoms with E-state index in [1.165, 1.54) is 16.7 Å². The molecule has 4 nitrogen and oxygen atoms in total. The number of aromatic hydroxyl groups is 1. The van der Waals surface area contributed by atoms with Gasteiger partial charge in [-0.05, 0) is 74.9 Å². The molecule has 0 radical (unpaired) electrons. The highest BCUT2D eigenvalue weighted by Gasteiger charge is 2.28. The van der Waals surface area contributed by atoms with Gasteiger partial charge in [-0.15, -0.1) is 0 Å². The molecule has 0 bridgehead atoms. The van der Waals surface area contributed by atoms with E-state index in [1.807, 2.05) is 30.5 Å². The zero-order valence-electron chi connectivity index (χ0n) is 25.2. The number of nitrogens with zero attached hydrogens (tertiary/aromatic N) is 2. The van der Waals surface area contributed by atoms with Gasteiger partial charge in [0, 0.05) is 17.3 Å². The van der Waals surface area contributed by atoms with Gasteiger partial charge in [-0.1, -0.05) is 92.6 Å². The monoisotopic (exact) mass is 532 g/mol.